The summed E-state index contributed by atoms with van der Waals surface area (Å²) in [7, 11) is -1.75. The van der Waals surface area contributed by atoms with Gasteiger partial charge < -0.3 is 4.57 Å². The van der Waals surface area contributed by atoms with Gasteiger partial charge in [-0.3, -0.25) is 20.4 Å². The lowest BCUT2D eigenvalue weighted by molar-refractivity contribution is -0.128. The molecule has 0 bridgehead atoms. The fraction of sp³-hybridized carbons (Fsp3) is 0.250. The Balaban J connectivity index is 1.50. The third-order valence-electron chi connectivity index (χ3n) is 4.52. The Bertz CT molecular complexity index is 1150. The summed E-state index contributed by atoms with van der Waals surface area (Å²) in [6.45, 7) is 1.86. The van der Waals surface area contributed by atoms with Gasteiger partial charge in [-0.05, 0) is 31.2 Å². The number of aryl methyl sites for hydroxylation is 2. The van der Waals surface area contributed by atoms with E-state index in [0.29, 0.717) is 5.82 Å². The minimum Gasteiger partial charge on any atom is -0.331 e. The molecule has 2 N–H and O–H groups in total. The molecule has 1 heterocycles. The molecule has 0 aliphatic heterocycles. The fourth-order valence-corrected chi connectivity index (χ4v) is 4.07. The first kappa shape index (κ1) is 20.5. The zero-order chi connectivity index (χ0) is 21.0. The van der Waals surface area contributed by atoms with E-state index in [1.165, 1.54) is 12.1 Å². The molecule has 0 radical (unpaired) electrons. The molecule has 2 aromatic carbocycles. The van der Waals surface area contributed by atoms with Crippen LogP contribution in [0.4, 0.5) is 0 Å². The molecule has 9 heteroatoms. The summed E-state index contributed by atoms with van der Waals surface area (Å²) in [5.74, 6) is -0.820. The highest BCUT2D eigenvalue weighted by molar-refractivity contribution is 7.91. The van der Waals surface area contributed by atoms with Crippen molar-refractivity contribution in [1.82, 2.24) is 20.4 Å². The number of imidazole rings is 1. The molecule has 3 aromatic rings. The zero-order valence-corrected chi connectivity index (χ0v) is 17.0. The van der Waals surface area contributed by atoms with Crippen LogP contribution < -0.4 is 10.9 Å². The van der Waals surface area contributed by atoms with Crippen molar-refractivity contribution in [2.24, 2.45) is 7.05 Å². The maximum Gasteiger partial charge on any atom is 0.245 e. The second-order valence-electron chi connectivity index (χ2n) is 6.73. The number of para-hydroxylation sites is 2. The van der Waals surface area contributed by atoms with E-state index in [1.807, 2.05) is 42.8 Å². The van der Waals surface area contributed by atoms with Crippen LogP contribution in [0.5, 0.6) is 0 Å². The number of nitrogens with one attached hydrogen (secondary N) is 2. The van der Waals surface area contributed by atoms with Crippen LogP contribution in [-0.4, -0.2) is 35.5 Å². The van der Waals surface area contributed by atoms with E-state index in [0.717, 1.165) is 16.6 Å². The molecule has 0 unspecified atom stereocenters. The molecule has 0 atom stereocenters. The lowest BCUT2D eigenvalue weighted by atomic mass is 10.2. The standard InChI is InChI=1S/C20H22N4O4S/c1-14-7-9-15(10-8-14)29(27,28)12-11-19(25)22-23-20(26)13-18-21-16-5-3-4-6-17(16)24(18)2/h3-10H,11-13H2,1-2H3,(H,22,25)(H,23,26). The van der Waals surface area contributed by atoms with E-state index in [9.17, 15) is 18.0 Å². The van der Waals surface area contributed by atoms with Crippen LogP contribution in [0.15, 0.2) is 53.4 Å². The molecule has 0 spiro atoms. The van der Waals surface area contributed by atoms with Gasteiger partial charge in [-0.15, -0.1) is 0 Å². The quantitative estimate of drug-likeness (QED) is 0.593. The molecule has 3 rings (SSSR count). The number of hydrazine groups is 1. The topological polar surface area (TPSA) is 110 Å². The second-order valence-corrected chi connectivity index (χ2v) is 8.84. The van der Waals surface area contributed by atoms with Crippen LogP contribution >= 0.6 is 0 Å². The van der Waals surface area contributed by atoms with Gasteiger partial charge in [0.25, 0.3) is 0 Å². The van der Waals surface area contributed by atoms with Crippen LogP contribution in [0.1, 0.15) is 17.8 Å². The molecule has 1 aromatic heterocycles. The molecule has 0 aliphatic carbocycles. The van der Waals surface area contributed by atoms with Crippen molar-refractivity contribution in [2.45, 2.75) is 24.7 Å². The fourth-order valence-electron chi connectivity index (χ4n) is 2.83. The lowest BCUT2D eigenvalue weighted by Crippen LogP contribution is -2.43. The van der Waals surface area contributed by atoms with Crippen molar-refractivity contribution >= 4 is 32.7 Å². The average Bonchev–Trinajstić information content (AvgIpc) is 3.01. The monoisotopic (exact) mass is 414 g/mol. The van der Waals surface area contributed by atoms with Gasteiger partial charge in [-0.2, -0.15) is 0 Å². The number of fused-ring (bicyclic) bond motifs is 1. The predicted molar refractivity (Wildman–Crippen MR) is 109 cm³/mol. The predicted octanol–water partition coefficient (Wildman–Crippen LogP) is 1.44. The number of rotatable bonds is 6. The van der Waals surface area contributed by atoms with Gasteiger partial charge in [0.1, 0.15) is 5.82 Å². The first-order valence-corrected chi connectivity index (χ1v) is 10.7. The minimum atomic E-state index is -3.57. The van der Waals surface area contributed by atoms with Crippen LogP contribution in [0.2, 0.25) is 0 Å². The highest BCUT2D eigenvalue weighted by Gasteiger charge is 2.17. The van der Waals surface area contributed by atoms with Gasteiger partial charge >= 0.3 is 0 Å². The Morgan fingerprint density at radius 2 is 1.66 bits per heavy atom. The molecule has 0 fully saturated rings. The molecule has 152 valence electrons. The van der Waals surface area contributed by atoms with Crippen LogP contribution in [0.3, 0.4) is 0 Å². The van der Waals surface area contributed by atoms with Crippen LogP contribution in [0.25, 0.3) is 11.0 Å². The summed E-state index contributed by atoms with van der Waals surface area (Å²) in [5.41, 5.74) is 7.18. The van der Waals surface area contributed by atoms with Gasteiger partial charge in [0.15, 0.2) is 9.84 Å². The van der Waals surface area contributed by atoms with E-state index in [2.05, 4.69) is 15.8 Å². The molecule has 29 heavy (non-hydrogen) atoms. The Kier molecular flexibility index (Phi) is 5.97. The number of hydrogen-bond donors (Lipinski definition) is 2. The number of benzene rings is 2. The number of sulfone groups is 1. The number of aromatic nitrogens is 2. The summed E-state index contributed by atoms with van der Waals surface area (Å²) in [6, 6.07) is 13.9. The molecule has 2 amide bonds. The first-order chi connectivity index (χ1) is 13.8. The van der Waals surface area contributed by atoms with E-state index < -0.39 is 21.7 Å². The van der Waals surface area contributed by atoms with Crippen molar-refractivity contribution in [1.29, 1.82) is 0 Å². The largest absolute Gasteiger partial charge is 0.331 e. The number of hydrogen-bond acceptors (Lipinski definition) is 5. The van der Waals surface area contributed by atoms with Crippen molar-refractivity contribution in [3.63, 3.8) is 0 Å². The summed E-state index contributed by atoms with van der Waals surface area (Å²) in [4.78, 5) is 28.6. The third-order valence-corrected chi connectivity index (χ3v) is 6.25. The number of nitrogens with zero attached hydrogens (tertiary/aromatic N) is 2. The lowest BCUT2D eigenvalue weighted by Gasteiger charge is -2.08. The van der Waals surface area contributed by atoms with Crippen LogP contribution in [-0.2, 0) is 32.9 Å². The summed E-state index contributed by atoms with van der Waals surface area (Å²) >= 11 is 0. The highest BCUT2D eigenvalue weighted by atomic mass is 32.2. The first-order valence-electron chi connectivity index (χ1n) is 9.04. The summed E-state index contributed by atoms with van der Waals surface area (Å²) in [5, 5.41) is 0. The maximum atomic E-state index is 12.3. The highest BCUT2D eigenvalue weighted by Crippen LogP contribution is 2.15. The summed E-state index contributed by atoms with van der Waals surface area (Å²) in [6.07, 6.45) is -0.282. The minimum absolute atomic E-state index is 0.0207. The van der Waals surface area contributed by atoms with E-state index in [4.69, 9.17) is 0 Å². The zero-order valence-electron chi connectivity index (χ0n) is 16.2. The smallest absolute Gasteiger partial charge is 0.245 e. The number of carbonyl (C=O) groups excluding carboxylic acids is 2. The van der Waals surface area contributed by atoms with E-state index in [-0.39, 0.29) is 23.5 Å². The Labute approximate surface area is 168 Å². The van der Waals surface area contributed by atoms with E-state index in [1.54, 1.807) is 12.1 Å². The maximum absolute atomic E-state index is 12.3. The third kappa shape index (κ3) is 5.00. The Hall–Kier alpha value is -3.20. The Morgan fingerprint density at radius 1 is 1.00 bits per heavy atom. The average molecular weight is 414 g/mol. The molecular weight excluding hydrogens is 392 g/mol. The van der Waals surface area contributed by atoms with Gasteiger partial charge in [-0.25, -0.2) is 13.4 Å². The van der Waals surface area contributed by atoms with Crippen molar-refractivity contribution in [3.8, 4) is 0 Å². The molecule has 0 aliphatic rings. The van der Waals surface area contributed by atoms with E-state index >= 15 is 0 Å². The van der Waals surface area contributed by atoms with Gasteiger partial charge in [0.2, 0.25) is 11.8 Å². The SMILES string of the molecule is Cc1ccc(S(=O)(=O)CCC(=O)NNC(=O)Cc2nc3ccccc3n2C)cc1. The number of amides is 2. The molecule has 0 saturated heterocycles. The van der Waals surface area contributed by atoms with Gasteiger partial charge in [0.05, 0.1) is 28.1 Å². The molecule has 0 saturated carbocycles. The summed E-state index contributed by atoms with van der Waals surface area (Å²) < 4.78 is 26.4. The second kappa shape index (κ2) is 8.44. The molecule has 8 nitrogen and oxygen atoms in total. The van der Waals surface area contributed by atoms with Crippen LogP contribution in [0, 0.1) is 6.92 Å². The molecular formula is C20H22N4O4S. The normalized spacial score (nSPS) is 11.4. The van der Waals surface area contributed by atoms with Crippen molar-refractivity contribution < 1.29 is 18.0 Å². The van der Waals surface area contributed by atoms with Crippen molar-refractivity contribution in [3.05, 3.63) is 59.9 Å². The van der Waals surface area contributed by atoms with Gasteiger partial charge in [-0.1, -0.05) is 29.8 Å². The Morgan fingerprint density at radius 3 is 2.34 bits per heavy atom. The number of carbonyl (C=O) groups is 2. The van der Waals surface area contributed by atoms with Gasteiger partial charge in [0, 0.05) is 13.5 Å². The van der Waals surface area contributed by atoms with Crippen molar-refractivity contribution in [2.75, 3.05) is 5.75 Å².